The Balaban J connectivity index is 2.22. The lowest BCUT2D eigenvalue weighted by molar-refractivity contribution is 0.0999. The van der Waals surface area contributed by atoms with E-state index in [1.54, 1.807) is 6.07 Å². The molecular formula is C17H17NO. The Morgan fingerprint density at radius 2 is 1.68 bits per heavy atom. The van der Waals surface area contributed by atoms with Crippen LogP contribution in [0.1, 0.15) is 28.4 Å². The van der Waals surface area contributed by atoms with Crippen molar-refractivity contribution in [2.75, 3.05) is 0 Å². The van der Waals surface area contributed by atoms with Gasteiger partial charge in [0.2, 0.25) is 5.91 Å². The third-order valence-electron chi connectivity index (χ3n) is 2.96. The highest BCUT2D eigenvalue weighted by Gasteiger charge is 2.07. The van der Waals surface area contributed by atoms with Crippen LogP contribution in [0.3, 0.4) is 0 Å². The molecular weight excluding hydrogens is 234 g/mol. The van der Waals surface area contributed by atoms with E-state index in [0.29, 0.717) is 5.56 Å². The van der Waals surface area contributed by atoms with Gasteiger partial charge in [-0.3, -0.25) is 4.79 Å². The molecule has 0 aliphatic rings. The molecule has 0 spiro atoms. The summed E-state index contributed by atoms with van der Waals surface area (Å²) in [6.07, 6.45) is 2.85. The summed E-state index contributed by atoms with van der Waals surface area (Å²) in [5.74, 6) is -0.372. The fraction of sp³-hybridized carbons (Fsp3) is 0.118. The summed E-state index contributed by atoms with van der Waals surface area (Å²) in [5.41, 5.74) is 9.31. The molecule has 0 aliphatic carbocycles. The average Bonchev–Trinajstić information content (AvgIpc) is 2.40. The number of hydrogen-bond acceptors (Lipinski definition) is 1. The molecule has 0 bridgehead atoms. The largest absolute Gasteiger partial charge is 0.366 e. The number of hydrogen-bond donors (Lipinski definition) is 1. The molecule has 0 aromatic heterocycles. The summed E-state index contributed by atoms with van der Waals surface area (Å²) in [6.45, 7) is 2.06. The van der Waals surface area contributed by atoms with Crippen LogP contribution in [0.4, 0.5) is 0 Å². The third-order valence-corrected chi connectivity index (χ3v) is 2.96. The number of nitrogens with two attached hydrogens (primary N) is 1. The second kappa shape index (κ2) is 6.01. The summed E-state index contributed by atoms with van der Waals surface area (Å²) in [4.78, 5) is 11.4. The van der Waals surface area contributed by atoms with E-state index in [9.17, 15) is 4.79 Å². The highest BCUT2D eigenvalue weighted by molar-refractivity contribution is 5.94. The van der Waals surface area contributed by atoms with Crippen LogP contribution < -0.4 is 5.73 Å². The summed E-state index contributed by atoms with van der Waals surface area (Å²) in [6, 6.07) is 17.6. The summed E-state index contributed by atoms with van der Waals surface area (Å²) in [7, 11) is 0. The molecule has 2 aromatic carbocycles. The van der Waals surface area contributed by atoms with Crippen molar-refractivity contribution >= 4 is 12.0 Å². The van der Waals surface area contributed by atoms with Crippen LogP contribution in [0.2, 0.25) is 0 Å². The molecule has 2 nitrogen and oxygen atoms in total. The standard InChI is InChI=1S/C17H17NO/c1-13(11-14-7-3-2-4-8-14)12-15-9-5-6-10-16(15)17(18)19/h2-11H,12H2,1H3,(H2,18,19)/b13-11+. The first-order chi connectivity index (χ1) is 9.16. The second-order valence-corrected chi connectivity index (χ2v) is 4.60. The van der Waals surface area contributed by atoms with Gasteiger partial charge in [0.1, 0.15) is 0 Å². The smallest absolute Gasteiger partial charge is 0.248 e. The number of benzene rings is 2. The average molecular weight is 251 g/mol. The van der Waals surface area contributed by atoms with E-state index in [4.69, 9.17) is 5.73 Å². The minimum atomic E-state index is -0.372. The third kappa shape index (κ3) is 3.55. The molecule has 2 heteroatoms. The lowest BCUT2D eigenvalue weighted by Crippen LogP contribution is -2.13. The highest BCUT2D eigenvalue weighted by atomic mass is 16.1. The maximum atomic E-state index is 11.4. The first-order valence-electron chi connectivity index (χ1n) is 6.27. The molecule has 0 radical (unpaired) electrons. The van der Waals surface area contributed by atoms with Crippen molar-refractivity contribution < 1.29 is 4.79 Å². The fourth-order valence-corrected chi connectivity index (χ4v) is 2.10. The molecule has 0 aliphatic heterocycles. The van der Waals surface area contributed by atoms with Gasteiger partial charge in [0.25, 0.3) is 0 Å². The SMILES string of the molecule is C/C(=C\c1ccccc1)Cc1ccccc1C(N)=O. The quantitative estimate of drug-likeness (QED) is 0.888. The lowest BCUT2D eigenvalue weighted by Gasteiger charge is -2.07. The van der Waals surface area contributed by atoms with Gasteiger partial charge < -0.3 is 5.73 Å². The van der Waals surface area contributed by atoms with Crippen LogP contribution in [-0.4, -0.2) is 5.91 Å². The molecule has 19 heavy (non-hydrogen) atoms. The van der Waals surface area contributed by atoms with Crippen molar-refractivity contribution in [3.05, 3.63) is 76.9 Å². The predicted octanol–water partition coefficient (Wildman–Crippen LogP) is 3.43. The van der Waals surface area contributed by atoms with Crippen LogP contribution in [0.5, 0.6) is 0 Å². The van der Waals surface area contributed by atoms with Gasteiger partial charge in [0, 0.05) is 5.56 Å². The van der Waals surface area contributed by atoms with Crippen LogP contribution >= 0.6 is 0 Å². The van der Waals surface area contributed by atoms with Gasteiger partial charge in [0.15, 0.2) is 0 Å². The zero-order valence-corrected chi connectivity index (χ0v) is 11.0. The number of allylic oxidation sites excluding steroid dienone is 1. The second-order valence-electron chi connectivity index (χ2n) is 4.60. The molecule has 0 unspecified atom stereocenters. The molecule has 0 saturated carbocycles. The van der Waals surface area contributed by atoms with Crippen molar-refractivity contribution in [2.24, 2.45) is 5.73 Å². The minimum Gasteiger partial charge on any atom is -0.366 e. The Hall–Kier alpha value is -2.35. The molecule has 0 fully saturated rings. The van der Waals surface area contributed by atoms with E-state index in [1.807, 2.05) is 36.4 Å². The lowest BCUT2D eigenvalue weighted by atomic mass is 9.99. The Kier molecular flexibility index (Phi) is 4.14. The Labute approximate surface area is 113 Å². The minimum absolute atomic E-state index is 0.372. The molecule has 2 aromatic rings. The number of primary amides is 1. The Morgan fingerprint density at radius 1 is 1.05 bits per heavy atom. The fourth-order valence-electron chi connectivity index (χ4n) is 2.10. The van der Waals surface area contributed by atoms with Gasteiger partial charge in [-0.05, 0) is 30.5 Å². The predicted molar refractivity (Wildman–Crippen MR) is 78.8 cm³/mol. The number of amides is 1. The zero-order valence-electron chi connectivity index (χ0n) is 11.0. The van der Waals surface area contributed by atoms with Crippen LogP contribution in [0.15, 0.2) is 60.2 Å². The molecule has 0 saturated heterocycles. The normalized spacial score (nSPS) is 11.3. The molecule has 2 rings (SSSR count). The van der Waals surface area contributed by atoms with E-state index in [1.165, 1.54) is 5.57 Å². The summed E-state index contributed by atoms with van der Waals surface area (Å²) in [5, 5.41) is 0. The van der Waals surface area contributed by atoms with Gasteiger partial charge in [-0.1, -0.05) is 60.2 Å². The Morgan fingerprint density at radius 3 is 2.37 bits per heavy atom. The van der Waals surface area contributed by atoms with Crippen molar-refractivity contribution in [3.63, 3.8) is 0 Å². The zero-order chi connectivity index (χ0) is 13.7. The van der Waals surface area contributed by atoms with E-state index >= 15 is 0 Å². The van der Waals surface area contributed by atoms with Crippen LogP contribution in [-0.2, 0) is 6.42 Å². The molecule has 0 atom stereocenters. The summed E-state index contributed by atoms with van der Waals surface area (Å²) >= 11 is 0. The monoisotopic (exact) mass is 251 g/mol. The van der Waals surface area contributed by atoms with E-state index in [2.05, 4.69) is 25.1 Å². The maximum absolute atomic E-state index is 11.4. The van der Waals surface area contributed by atoms with Gasteiger partial charge in [-0.25, -0.2) is 0 Å². The molecule has 2 N–H and O–H groups in total. The van der Waals surface area contributed by atoms with Crippen LogP contribution in [0.25, 0.3) is 6.08 Å². The van der Waals surface area contributed by atoms with Crippen molar-refractivity contribution in [1.29, 1.82) is 0 Å². The first-order valence-corrected chi connectivity index (χ1v) is 6.27. The molecule has 96 valence electrons. The van der Waals surface area contributed by atoms with E-state index < -0.39 is 0 Å². The van der Waals surface area contributed by atoms with Gasteiger partial charge in [-0.15, -0.1) is 0 Å². The molecule has 0 heterocycles. The summed E-state index contributed by atoms with van der Waals surface area (Å²) < 4.78 is 0. The van der Waals surface area contributed by atoms with Gasteiger partial charge in [0.05, 0.1) is 0 Å². The van der Waals surface area contributed by atoms with Gasteiger partial charge in [-0.2, -0.15) is 0 Å². The van der Waals surface area contributed by atoms with Crippen molar-refractivity contribution in [2.45, 2.75) is 13.3 Å². The van der Waals surface area contributed by atoms with Gasteiger partial charge >= 0.3 is 0 Å². The highest BCUT2D eigenvalue weighted by Crippen LogP contribution is 2.15. The topological polar surface area (TPSA) is 43.1 Å². The number of carbonyl (C=O) groups excluding carboxylic acids is 1. The van der Waals surface area contributed by atoms with E-state index in [-0.39, 0.29) is 5.91 Å². The van der Waals surface area contributed by atoms with E-state index in [0.717, 1.165) is 17.5 Å². The number of rotatable bonds is 4. The van der Waals surface area contributed by atoms with Crippen LogP contribution in [0, 0.1) is 0 Å². The Bertz CT molecular complexity index is 600. The van der Waals surface area contributed by atoms with Crippen molar-refractivity contribution in [1.82, 2.24) is 0 Å². The number of carbonyl (C=O) groups is 1. The molecule has 1 amide bonds. The van der Waals surface area contributed by atoms with Crippen molar-refractivity contribution in [3.8, 4) is 0 Å². The maximum Gasteiger partial charge on any atom is 0.248 e. The first kappa shape index (κ1) is 13.1.